The Kier molecular flexibility index (Phi) is 7.03. The summed E-state index contributed by atoms with van der Waals surface area (Å²) in [4.78, 5) is 2.17. The number of halogens is 2. The third-order valence-corrected chi connectivity index (χ3v) is 8.77. The van der Waals surface area contributed by atoms with E-state index in [1.807, 2.05) is 18.2 Å². The number of benzene rings is 4. The Morgan fingerprint density at radius 3 is 2.15 bits per heavy atom. The molecule has 0 saturated heterocycles. The Hall–Kier alpha value is -4.15. The lowest BCUT2D eigenvalue weighted by Gasteiger charge is -2.30. The zero-order valence-electron chi connectivity index (χ0n) is 21.5. The summed E-state index contributed by atoms with van der Waals surface area (Å²) in [6, 6.07) is 28.3. The molecule has 0 amide bonds. The Balaban J connectivity index is 1.20. The first-order valence-corrected chi connectivity index (χ1v) is 14.5. The maximum atomic E-state index is 13.8. The molecule has 0 spiro atoms. The van der Waals surface area contributed by atoms with Crippen LogP contribution in [0.3, 0.4) is 0 Å². The predicted octanol–water partition coefficient (Wildman–Crippen LogP) is 6.18. The van der Waals surface area contributed by atoms with Gasteiger partial charge in [0.05, 0.1) is 18.0 Å². The fraction of sp³-hybridized carbons (Fsp3) is 0.200. The first-order valence-electron chi connectivity index (χ1n) is 12.9. The van der Waals surface area contributed by atoms with Gasteiger partial charge in [-0.3, -0.25) is 9.21 Å². The van der Waals surface area contributed by atoms with Crippen LogP contribution in [0.1, 0.15) is 29.0 Å². The van der Waals surface area contributed by atoms with Crippen LogP contribution in [-0.2, 0) is 29.7 Å². The van der Waals surface area contributed by atoms with Crippen molar-refractivity contribution in [3.05, 3.63) is 114 Å². The summed E-state index contributed by atoms with van der Waals surface area (Å²) in [6.07, 6.45) is -2.85. The highest BCUT2D eigenvalue weighted by Crippen LogP contribution is 2.30. The van der Waals surface area contributed by atoms with Gasteiger partial charge in [0.2, 0.25) is 15.9 Å². The van der Waals surface area contributed by atoms with Gasteiger partial charge >= 0.3 is 6.43 Å². The van der Waals surface area contributed by atoms with Gasteiger partial charge in [-0.1, -0.05) is 66.7 Å². The molecule has 0 atom stereocenters. The smallest absolute Gasteiger partial charge is 0.314 e. The number of aromatic nitrogens is 2. The molecule has 0 aliphatic carbocycles. The minimum atomic E-state index is -3.70. The molecule has 40 heavy (non-hydrogen) atoms. The van der Waals surface area contributed by atoms with Gasteiger partial charge < -0.3 is 4.42 Å². The summed E-state index contributed by atoms with van der Waals surface area (Å²) in [5, 5.41) is 9.51. The summed E-state index contributed by atoms with van der Waals surface area (Å²) < 4.78 is 59.6. The third kappa shape index (κ3) is 5.32. The van der Waals surface area contributed by atoms with Gasteiger partial charge in [0.25, 0.3) is 5.89 Å². The lowest BCUT2D eigenvalue weighted by Crippen LogP contribution is -2.38. The average Bonchev–Trinajstić information content (AvgIpc) is 3.47. The van der Waals surface area contributed by atoms with Crippen molar-refractivity contribution in [2.75, 3.05) is 16.6 Å². The molecule has 0 N–H and O–H groups in total. The van der Waals surface area contributed by atoms with E-state index in [0.717, 1.165) is 5.56 Å². The van der Waals surface area contributed by atoms with E-state index in [9.17, 15) is 17.2 Å². The van der Waals surface area contributed by atoms with E-state index in [4.69, 9.17) is 4.42 Å². The van der Waals surface area contributed by atoms with Gasteiger partial charge in [0, 0.05) is 25.2 Å². The minimum Gasteiger partial charge on any atom is -0.415 e. The van der Waals surface area contributed by atoms with Crippen molar-refractivity contribution in [2.24, 2.45) is 0 Å². The number of hydrogen-bond acceptors (Lipinski definition) is 6. The van der Waals surface area contributed by atoms with Gasteiger partial charge in [0.1, 0.15) is 0 Å². The normalized spacial score (nSPS) is 13.7. The molecular formula is C30H26F2N4O3S. The monoisotopic (exact) mass is 560 g/mol. The van der Waals surface area contributed by atoms with E-state index in [2.05, 4.69) is 39.4 Å². The standard InChI is InChI=1S/C30H26F2N4O3S/c31-28(32)30-34-33-29(39-30)23-14-12-21(13-15-23)18-36(26-10-2-1-3-11-26)40(37,38)17-16-35-19-24-8-4-6-22-7-5-9-25(20-35)27(22)24/h1-15,28H,16-20H2. The second-order valence-electron chi connectivity index (χ2n) is 9.74. The van der Waals surface area contributed by atoms with Gasteiger partial charge in [-0.15, -0.1) is 10.2 Å². The van der Waals surface area contributed by atoms with Crippen LogP contribution in [0.4, 0.5) is 14.5 Å². The highest BCUT2D eigenvalue weighted by Gasteiger charge is 2.26. The number of nitrogens with zero attached hydrogens (tertiary/aromatic N) is 4. The van der Waals surface area contributed by atoms with Gasteiger partial charge in [-0.05, 0) is 51.7 Å². The molecule has 2 heterocycles. The number of sulfonamides is 1. The maximum absolute atomic E-state index is 13.8. The van der Waals surface area contributed by atoms with Gasteiger partial charge in [0.15, 0.2) is 0 Å². The van der Waals surface area contributed by atoms with E-state index < -0.39 is 22.3 Å². The lowest BCUT2D eigenvalue weighted by molar-refractivity contribution is 0.116. The summed E-state index contributed by atoms with van der Waals surface area (Å²) in [7, 11) is -3.70. The van der Waals surface area contributed by atoms with Crippen LogP contribution in [0.5, 0.6) is 0 Å². The largest absolute Gasteiger partial charge is 0.415 e. The Labute approximate surface area is 230 Å². The second kappa shape index (κ2) is 10.8. The van der Waals surface area contributed by atoms with Crippen LogP contribution in [0.25, 0.3) is 22.2 Å². The first-order chi connectivity index (χ1) is 19.4. The van der Waals surface area contributed by atoms with Crippen LogP contribution >= 0.6 is 0 Å². The molecule has 1 aromatic heterocycles. The van der Waals surface area contributed by atoms with E-state index in [0.29, 0.717) is 30.9 Å². The van der Waals surface area contributed by atoms with E-state index in [1.165, 1.54) is 26.2 Å². The molecule has 6 rings (SSSR count). The highest BCUT2D eigenvalue weighted by atomic mass is 32.2. The Morgan fingerprint density at radius 2 is 1.52 bits per heavy atom. The molecule has 0 radical (unpaired) electrons. The fourth-order valence-electron chi connectivity index (χ4n) is 5.12. The zero-order valence-corrected chi connectivity index (χ0v) is 22.3. The van der Waals surface area contributed by atoms with Crippen molar-refractivity contribution in [3.8, 4) is 11.5 Å². The van der Waals surface area contributed by atoms with Crippen molar-refractivity contribution >= 4 is 26.5 Å². The maximum Gasteiger partial charge on any atom is 0.314 e. The van der Waals surface area contributed by atoms with E-state index in [1.54, 1.807) is 48.5 Å². The number of alkyl halides is 2. The summed E-state index contributed by atoms with van der Waals surface area (Å²) in [6.45, 7) is 1.89. The molecule has 0 saturated carbocycles. The molecule has 1 aliphatic heterocycles. The topological polar surface area (TPSA) is 79.5 Å². The molecule has 0 unspecified atom stereocenters. The molecule has 204 valence electrons. The quantitative estimate of drug-likeness (QED) is 0.214. The Bertz CT molecular complexity index is 1700. The number of anilines is 1. The number of rotatable bonds is 9. The number of hydrogen-bond donors (Lipinski definition) is 0. The predicted molar refractivity (Wildman–Crippen MR) is 149 cm³/mol. The second-order valence-corrected chi connectivity index (χ2v) is 11.8. The summed E-state index contributed by atoms with van der Waals surface area (Å²) in [5.74, 6) is -0.807. The molecule has 0 bridgehead atoms. The van der Waals surface area contributed by atoms with Crippen molar-refractivity contribution in [1.29, 1.82) is 0 Å². The molecule has 0 fully saturated rings. The van der Waals surface area contributed by atoms with Crippen LogP contribution in [0.2, 0.25) is 0 Å². The van der Waals surface area contributed by atoms with Crippen molar-refractivity contribution in [3.63, 3.8) is 0 Å². The molecule has 7 nitrogen and oxygen atoms in total. The summed E-state index contributed by atoms with van der Waals surface area (Å²) >= 11 is 0. The average molecular weight is 561 g/mol. The van der Waals surface area contributed by atoms with Crippen molar-refractivity contribution in [2.45, 2.75) is 26.1 Å². The fourth-order valence-corrected chi connectivity index (χ4v) is 6.62. The van der Waals surface area contributed by atoms with Crippen molar-refractivity contribution in [1.82, 2.24) is 15.1 Å². The lowest BCUT2D eigenvalue weighted by atomic mass is 9.95. The van der Waals surface area contributed by atoms with Gasteiger partial charge in [-0.2, -0.15) is 8.78 Å². The van der Waals surface area contributed by atoms with Gasteiger partial charge in [-0.25, -0.2) is 8.42 Å². The van der Waals surface area contributed by atoms with E-state index in [-0.39, 0.29) is 18.2 Å². The summed E-state index contributed by atoms with van der Waals surface area (Å²) in [5.41, 5.74) is 4.18. The number of para-hydroxylation sites is 1. The zero-order chi connectivity index (χ0) is 27.7. The van der Waals surface area contributed by atoms with Crippen molar-refractivity contribution < 1.29 is 21.6 Å². The molecule has 5 aromatic rings. The molecule has 10 heteroatoms. The van der Waals surface area contributed by atoms with Crippen LogP contribution in [0, 0.1) is 0 Å². The van der Waals surface area contributed by atoms with Crippen LogP contribution in [0.15, 0.2) is 95.4 Å². The molecule has 1 aliphatic rings. The highest BCUT2D eigenvalue weighted by molar-refractivity contribution is 7.92. The third-order valence-electron chi connectivity index (χ3n) is 7.06. The first kappa shape index (κ1) is 26.1. The molecular weight excluding hydrogens is 534 g/mol. The Morgan fingerprint density at radius 1 is 0.850 bits per heavy atom. The molecule has 4 aromatic carbocycles. The SMILES string of the molecule is O=S(=O)(CCN1Cc2cccc3cccc(c23)C1)N(Cc1ccc(-c2nnc(C(F)F)o2)cc1)c1ccccc1. The van der Waals surface area contributed by atoms with E-state index >= 15 is 0 Å². The van der Waals surface area contributed by atoms with Crippen LogP contribution in [-0.4, -0.2) is 35.8 Å². The van der Waals surface area contributed by atoms with Crippen LogP contribution < -0.4 is 4.31 Å². The minimum absolute atomic E-state index is 0.0202.